The molecule has 5 N–H and O–H groups in total. The first-order valence-corrected chi connectivity index (χ1v) is 12.3. The molecular formula is C29H31F3N2O5. The van der Waals surface area contributed by atoms with Crippen molar-refractivity contribution in [2.45, 2.75) is 31.5 Å². The summed E-state index contributed by atoms with van der Waals surface area (Å²) in [6.45, 7) is 1.63. The molecule has 208 valence electrons. The predicted octanol–water partition coefficient (Wildman–Crippen LogP) is 4.81. The van der Waals surface area contributed by atoms with Gasteiger partial charge in [0.15, 0.2) is 0 Å². The molecule has 0 aliphatic carbocycles. The van der Waals surface area contributed by atoms with Gasteiger partial charge in [-0.05, 0) is 47.4 Å². The van der Waals surface area contributed by atoms with E-state index in [-0.39, 0.29) is 17.8 Å². The summed E-state index contributed by atoms with van der Waals surface area (Å²) in [5.74, 6) is -5.38. The van der Waals surface area contributed by atoms with Crippen LogP contribution < -0.4 is 15.8 Å². The van der Waals surface area contributed by atoms with E-state index >= 15 is 0 Å². The maximum atomic E-state index is 13.8. The van der Waals surface area contributed by atoms with E-state index in [1.165, 1.54) is 43.5 Å². The Labute approximate surface area is 224 Å². The van der Waals surface area contributed by atoms with E-state index in [1.807, 2.05) is 0 Å². The second-order valence-corrected chi connectivity index (χ2v) is 9.35. The average Bonchev–Trinajstić information content (AvgIpc) is 2.91. The van der Waals surface area contributed by atoms with Gasteiger partial charge in [-0.3, -0.25) is 9.59 Å². The van der Waals surface area contributed by atoms with E-state index in [4.69, 9.17) is 10.5 Å². The van der Waals surface area contributed by atoms with Gasteiger partial charge in [-0.1, -0.05) is 55.5 Å². The third-order valence-electron chi connectivity index (χ3n) is 6.71. The van der Waals surface area contributed by atoms with Gasteiger partial charge >= 0.3 is 12.1 Å². The van der Waals surface area contributed by atoms with Crippen LogP contribution in [-0.2, 0) is 22.2 Å². The number of aliphatic hydroxyl groups is 1. The molecule has 39 heavy (non-hydrogen) atoms. The standard InChI is InChI=1S/C29H31F3N2O5/c1-17(26(35)19-7-4-3-5-8-19)16-34-27(36)25(28(37)38)21(18-11-13-20(39-2)14-12-18)15-22-23(29(30,31)32)9-6-10-24(22)33/h3-14,17,21,25-26,35H,15-16,33H2,1-2H3,(H,34,36)(H,37,38)/t17?,21-,25?,26?/m0/s1. The number of carbonyl (C=O) groups is 2. The summed E-state index contributed by atoms with van der Waals surface area (Å²) in [6.07, 6.45) is -6.12. The average molecular weight is 545 g/mol. The third kappa shape index (κ3) is 7.29. The van der Waals surface area contributed by atoms with Gasteiger partial charge in [0.05, 0.1) is 18.8 Å². The highest BCUT2D eigenvalue weighted by atomic mass is 19.4. The molecule has 0 spiro atoms. The molecule has 0 heterocycles. The maximum Gasteiger partial charge on any atom is 0.416 e. The van der Waals surface area contributed by atoms with E-state index in [0.29, 0.717) is 16.9 Å². The molecule has 0 saturated heterocycles. The summed E-state index contributed by atoms with van der Waals surface area (Å²) >= 11 is 0. The minimum atomic E-state index is -4.74. The number of nitrogens with one attached hydrogen (secondary N) is 1. The van der Waals surface area contributed by atoms with Crippen LogP contribution in [0.1, 0.15) is 41.2 Å². The topological polar surface area (TPSA) is 122 Å². The Morgan fingerprint density at radius 1 is 0.974 bits per heavy atom. The minimum absolute atomic E-state index is 0.0602. The monoisotopic (exact) mass is 544 g/mol. The number of rotatable bonds is 11. The number of hydrogen-bond acceptors (Lipinski definition) is 5. The number of nitrogen functional groups attached to an aromatic ring is 1. The quantitative estimate of drug-likeness (QED) is 0.203. The highest BCUT2D eigenvalue weighted by Crippen LogP contribution is 2.39. The van der Waals surface area contributed by atoms with E-state index in [1.54, 1.807) is 37.3 Å². The van der Waals surface area contributed by atoms with E-state index in [9.17, 15) is 33.0 Å². The van der Waals surface area contributed by atoms with Gasteiger partial charge in [0, 0.05) is 24.1 Å². The third-order valence-corrected chi connectivity index (χ3v) is 6.71. The summed E-state index contributed by atoms with van der Waals surface area (Å²) in [5, 5.41) is 23.3. The van der Waals surface area contributed by atoms with Gasteiger partial charge in [-0.25, -0.2) is 0 Å². The molecular weight excluding hydrogens is 513 g/mol. The highest BCUT2D eigenvalue weighted by Gasteiger charge is 2.40. The molecule has 4 atom stereocenters. The number of carbonyl (C=O) groups excluding carboxylic acids is 1. The van der Waals surface area contributed by atoms with Crippen LogP contribution in [0.4, 0.5) is 18.9 Å². The number of alkyl halides is 3. The molecule has 0 aromatic heterocycles. The van der Waals surface area contributed by atoms with Crippen molar-refractivity contribution >= 4 is 17.6 Å². The minimum Gasteiger partial charge on any atom is -0.497 e. The van der Waals surface area contributed by atoms with Gasteiger partial charge in [0.2, 0.25) is 5.91 Å². The van der Waals surface area contributed by atoms with Gasteiger partial charge in [0.1, 0.15) is 11.7 Å². The maximum absolute atomic E-state index is 13.8. The SMILES string of the molecule is COc1ccc([C@H](Cc2c(N)cccc2C(F)(F)F)C(C(=O)O)C(=O)NCC(C)C(O)c2ccccc2)cc1. The lowest BCUT2D eigenvalue weighted by Gasteiger charge is -2.27. The molecule has 3 aromatic carbocycles. The second-order valence-electron chi connectivity index (χ2n) is 9.35. The van der Waals surface area contributed by atoms with Crippen molar-refractivity contribution < 1.29 is 37.7 Å². The Morgan fingerprint density at radius 3 is 2.18 bits per heavy atom. The van der Waals surface area contributed by atoms with Crippen LogP contribution in [0.2, 0.25) is 0 Å². The number of hydrogen-bond donors (Lipinski definition) is 4. The van der Waals surface area contributed by atoms with E-state index in [2.05, 4.69) is 5.32 Å². The van der Waals surface area contributed by atoms with Crippen molar-refractivity contribution in [3.8, 4) is 5.75 Å². The fraction of sp³-hybridized carbons (Fsp3) is 0.310. The largest absolute Gasteiger partial charge is 0.497 e. The Kier molecular flexibility index (Phi) is 9.58. The predicted molar refractivity (Wildman–Crippen MR) is 140 cm³/mol. The molecule has 0 bridgehead atoms. The van der Waals surface area contributed by atoms with Crippen molar-refractivity contribution in [3.05, 3.63) is 95.1 Å². The summed E-state index contributed by atoms with van der Waals surface area (Å²) in [5.41, 5.74) is 5.44. The molecule has 7 nitrogen and oxygen atoms in total. The first kappa shape index (κ1) is 29.5. The zero-order chi connectivity index (χ0) is 28.7. The van der Waals surface area contributed by atoms with Gasteiger partial charge in [0.25, 0.3) is 0 Å². The number of aliphatic carboxylic acids is 1. The number of amides is 1. The number of methoxy groups -OCH3 is 1. The Balaban J connectivity index is 1.95. The fourth-order valence-electron chi connectivity index (χ4n) is 4.53. The number of nitrogens with two attached hydrogens (primary N) is 1. The molecule has 1 amide bonds. The second kappa shape index (κ2) is 12.7. The molecule has 0 saturated carbocycles. The highest BCUT2D eigenvalue weighted by molar-refractivity contribution is 5.98. The van der Waals surface area contributed by atoms with Crippen LogP contribution in [-0.4, -0.2) is 35.7 Å². The van der Waals surface area contributed by atoms with Crippen LogP contribution in [0, 0.1) is 11.8 Å². The number of carboxylic acid groups (broad SMARTS) is 1. The molecule has 3 unspecified atom stereocenters. The lowest BCUT2D eigenvalue weighted by molar-refractivity contribution is -0.148. The van der Waals surface area contributed by atoms with Crippen molar-refractivity contribution in [2.75, 3.05) is 19.4 Å². The van der Waals surface area contributed by atoms with Crippen molar-refractivity contribution in [1.82, 2.24) is 5.32 Å². The Bertz CT molecular complexity index is 1270. The van der Waals surface area contributed by atoms with Gasteiger partial charge in [-0.2, -0.15) is 13.2 Å². The smallest absolute Gasteiger partial charge is 0.416 e. The first-order chi connectivity index (χ1) is 18.4. The fourth-order valence-corrected chi connectivity index (χ4v) is 4.53. The van der Waals surface area contributed by atoms with Gasteiger partial charge < -0.3 is 26.0 Å². The lowest BCUT2D eigenvalue weighted by Crippen LogP contribution is -2.42. The van der Waals surface area contributed by atoms with Crippen molar-refractivity contribution in [1.29, 1.82) is 0 Å². The summed E-state index contributed by atoms with van der Waals surface area (Å²) in [4.78, 5) is 25.7. The van der Waals surface area contributed by atoms with Gasteiger partial charge in [-0.15, -0.1) is 0 Å². The van der Waals surface area contributed by atoms with Crippen LogP contribution in [0.25, 0.3) is 0 Å². The molecule has 0 aliphatic rings. The molecule has 10 heteroatoms. The number of anilines is 1. The molecule has 0 aliphatic heterocycles. The van der Waals surface area contributed by atoms with E-state index < -0.39 is 53.9 Å². The van der Waals surface area contributed by atoms with Crippen molar-refractivity contribution in [3.63, 3.8) is 0 Å². The number of benzene rings is 3. The molecule has 3 rings (SSSR count). The molecule has 0 fully saturated rings. The number of aliphatic hydroxyl groups excluding tert-OH is 1. The summed E-state index contributed by atoms with van der Waals surface area (Å²) < 4.78 is 46.6. The van der Waals surface area contributed by atoms with Crippen LogP contribution >= 0.6 is 0 Å². The summed E-state index contributed by atoms with van der Waals surface area (Å²) in [6, 6.07) is 18.2. The van der Waals surface area contributed by atoms with Crippen LogP contribution in [0.15, 0.2) is 72.8 Å². The zero-order valence-electron chi connectivity index (χ0n) is 21.5. The lowest BCUT2D eigenvalue weighted by atomic mass is 9.79. The van der Waals surface area contributed by atoms with Crippen LogP contribution in [0.3, 0.4) is 0 Å². The van der Waals surface area contributed by atoms with Crippen molar-refractivity contribution in [2.24, 2.45) is 11.8 Å². The zero-order valence-corrected chi connectivity index (χ0v) is 21.5. The molecule has 0 radical (unpaired) electrons. The first-order valence-electron chi connectivity index (χ1n) is 12.3. The normalized spacial score (nSPS) is 14.6. The summed E-state index contributed by atoms with van der Waals surface area (Å²) in [7, 11) is 1.44. The number of carboxylic acids is 1. The molecule has 3 aromatic rings. The Morgan fingerprint density at radius 2 is 1.62 bits per heavy atom. The van der Waals surface area contributed by atoms with E-state index in [0.717, 1.165) is 6.07 Å². The van der Waals surface area contributed by atoms with Crippen LogP contribution in [0.5, 0.6) is 5.75 Å². The number of ether oxygens (including phenoxy) is 1. The number of halogens is 3. The Hall–Kier alpha value is -4.05.